The molecule has 0 aliphatic carbocycles. The molecule has 68 valence electrons. The molecule has 0 aliphatic heterocycles. The number of hydrogen-bond donors (Lipinski definition) is 0. The molecule has 0 bridgehead atoms. The first-order valence-electron chi connectivity index (χ1n) is 4.22. The molecule has 2 heteroatoms. The van der Waals surface area contributed by atoms with Crippen LogP contribution < -0.4 is 9.78 Å². The largest absolute Gasteiger partial charge is 0.290 e. The molecule has 0 saturated carbocycles. The van der Waals surface area contributed by atoms with Gasteiger partial charge in [0.2, 0.25) is 0 Å². The van der Waals surface area contributed by atoms with Gasteiger partial charge in [-0.05, 0) is 36.4 Å². The normalized spacial score (nSPS) is 9.43. The van der Waals surface area contributed by atoms with Crippen LogP contribution in [0, 0.1) is 12.1 Å². The molecule has 0 aromatic heterocycles. The lowest BCUT2D eigenvalue weighted by atomic mass is 10.3. The third-order valence-corrected chi connectivity index (χ3v) is 1.61. The van der Waals surface area contributed by atoms with Crippen molar-refractivity contribution < 1.29 is 9.78 Å². The van der Waals surface area contributed by atoms with Gasteiger partial charge in [-0.15, -0.1) is 0 Å². The number of benzene rings is 2. The van der Waals surface area contributed by atoms with E-state index in [0.29, 0.717) is 11.5 Å². The van der Waals surface area contributed by atoms with Crippen LogP contribution in [-0.2, 0) is 0 Å². The molecule has 0 unspecified atom stereocenters. The van der Waals surface area contributed by atoms with Gasteiger partial charge in [0, 0.05) is 0 Å². The van der Waals surface area contributed by atoms with Gasteiger partial charge in [0.1, 0.15) is 0 Å². The van der Waals surface area contributed by atoms with E-state index >= 15 is 0 Å². The summed E-state index contributed by atoms with van der Waals surface area (Å²) in [5.41, 5.74) is 0. The first-order chi connectivity index (χ1) is 6.95. The van der Waals surface area contributed by atoms with Crippen molar-refractivity contribution in [1.29, 1.82) is 0 Å². The number of hydrogen-bond acceptors (Lipinski definition) is 2. The Kier molecular flexibility index (Phi) is 2.67. The minimum atomic E-state index is 0.650. The summed E-state index contributed by atoms with van der Waals surface area (Å²) in [6, 6.07) is 19.9. The van der Waals surface area contributed by atoms with Gasteiger partial charge < -0.3 is 0 Å². The third-order valence-electron chi connectivity index (χ3n) is 1.61. The van der Waals surface area contributed by atoms with E-state index in [4.69, 9.17) is 9.78 Å². The van der Waals surface area contributed by atoms with Crippen LogP contribution in [0.4, 0.5) is 0 Å². The Hall–Kier alpha value is -1.96. The van der Waals surface area contributed by atoms with Crippen molar-refractivity contribution in [2.24, 2.45) is 0 Å². The first kappa shape index (κ1) is 8.63. The smallest absolute Gasteiger partial charge is 0.178 e. The zero-order valence-corrected chi connectivity index (χ0v) is 7.44. The van der Waals surface area contributed by atoms with Crippen LogP contribution in [0.5, 0.6) is 11.5 Å². The molecule has 2 nitrogen and oxygen atoms in total. The van der Waals surface area contributed by atoms with Gasteiger partial charge in [-0.25, -0.2) is 0 Å². The molecule has 2 aromatic carbocycles. The fourth-order valence-electron chi connectivity index (χ4n) is 0.951. The van der Waals surface area contributed by atoms with Crippen LogP contribution in [0.15, 0.2) is 48.5 Å². The Morgan fingerprint density at radius 3 is 1.36 bits per heavy atom. The van der Waals surface area contributed by atoms with Crippen molar-refractivity contribution in [2.45, 2.75) is 0 Å². The molecule has 0 fully saturated rings. The Labute approximate surface area is 82.6 Å². The van der Waals surface area contributed by atoms with Crippen molar-refractivity contribution in [1.82, 2.24) is 0 Å². The predicted octanol–water partition coefficient (Wildman–Crippen LogP) is 2.66. The highest BCUT2D eigenvalue weighted by molar-refractivity contribution is 5.22. The summed E-state index contributed by atoms with van der Waals surface area (Å²) in [5, 5.41) is 0. The van der Waals surface area contributed by atoms with Crippen molar-refractivity contribution >= 4 is 0 Å². The minimum absolute atomic E-state index is 0.650. The maximum Gasteiger partial charge on any atom is 0.178 e. The maximum absolute atomic E-state index is 5.06. The zero-order chi connectivity index (χ0) is 9.64. The molecule has 0 N–H and O–H groups in total. The van der Waals surface area contributed by atoms with Gasteiger partial charge in [0.15, 0.2) is 11.5 Å². The van der Waals surface area contributed by atoms with Crippen LogP contribution in [0.3, 0.4) is 0 Å². The number of rotatable bonds is 3. The summed E-state index contributed by atoms with van der Waals surface area (Å²) in [7, 11) is 0. The summed E-state index contributed by atoms with van der Waals surface area (Å²) in [4.78, 5) is 10.1. The van der Waals surface area contributed by atoms with Crippen LogP contribution in [0.2, 0.25) is 0 Å². The Morgan fingerprint density at radius 2 is 1.00 bits per heavy atom. The van der Waals surface area contributed by atoms with E-state index < -0.39 is 0 Å². The maximum atomic E-state index is 5.06. The highest BCUT2D eigenvalue weighted by Gasteiger charge is 1.94. The van der Waals surface area contributed by atoms with Crippen LogP contribution in [-0.4, -0.2) is 0 Å². The second-order valence-electron chi connectivity index (χ2n) is 2.64. The molecule has 2 aromatic rings. The fourth-order valence-corrected chi connectivity index (χ4v) is 0.951. The van der Waals surface area contributed by atoms with Crippen molar-refractivity contribution in [2.75, 3.05) is 0 Å². The molecule has 0 heterocycles. The molecule has 0 spiro atoms. The summed E-state index contributed by atoms with van der Waals surface area (Å²) in [5.74, 6) is 1.30. The average molecular weight is 184 g/mol. The van der Waals surface area contributed by atoms with Crippen molar-refractivity contribution in [3.8, 4) is 11.5 Å². The summed E-state index contributed by atoms with van der Waals surface area (Å²) >= 11 is 0. The standard InChI is InChI=1S/C12H8O2/c1-3-7-11(8-4-1)13-14-12-9-5-2-6-10-12/h3-10H. The van der Waals surface area contributed by atoms with Crippen LogP contribution in [0.25, 0.3) is 0 Å². The molecule has 0 atom stereocenters. The summed E-state index contributed by atoms with van der Waals surface area (Å²) in [6.45, 7) is 0. The van der Waals surface area contributed by atoms with E-state index in [1.165, 1.54) is 0 Å². The van der Waals surface area contributed by atoms with Gasteiger partial charge >= 0.3 is 0 Å². The van der Waals surface area contributed by atoms with Crippen LogP contribution in [0.1, 0.15) is 0 Å². The lowest BCUT2D eigenvalue weighted by Gasteiger charge is -2.04. The van der Waals surface area contributed by atoms with Crippen molar-refractivity contribution in [3.63, 3.8) is 0 Å². The van der Waals surface area contributed by atoms with E-state index in [1.807, 2.05) is 0 Å². The van der Waals surface area contributed by atoms with Crippen molar-refractivity contribution in [3.05, 3.63) is 60.7 Å². The lowest BCUT2D eigenvalue weighted by molar-refractivity contribution is -0.0999. The van der Waals surface area contributed by atoms with Crippen LogP contribution >= 0.6 is 0 Å². The third kappa shape index (κ3) is 2.26. The molecule has 0 aliphatic rings. The van der Waals surface area contributed by atoms with E-state index in [2.05, 4.69) is 12.1 Å². The molecule has 0 saturated heterocycles. The highest BCUT2D eigenvalue weighted by Crippen LogP contribution is 2.13. The van der Waals surface area contributed by atoms with E-state index in [-0.39, 0.29) is 0 Å². The molecular weight excluding hydrogens is 176 g/mol. The average Bonchev–Trinajstić information content (AvgIpc) is 2.29. The SMILES string of the molecule is [c]1ccc(OOc2cc[c]cc2)cc1. The predicted molar refractivity (Wildman–Crippen MR) is 51.8 cm³/mol. The topological polar surface area (TPSA) is 18.5 Å². The Morgan fingerprint density at radius 1 is 0.643 bits per heavy atom. The monoisotopic (exact) mass is 184 g/mol. The quantitative estimate of drug-likeness (QED) is 0.539. The zero-order valence-electron chi connectivity index (χ0n) is 7.44. The van der Waals surface area contributed by atoms with E-state index in [0.717, 1.165) is 0 Å². The summed E-state index contributed by atoms with van der Waals surface area (Å²) in [6.07, 6.45) is 0. The van der Waals surface area contributed by atoms with Gasteiger partial charge in [0.25, 0.3) is 0 Å². The Balaban J connectivity index is 1.96. The molecule has 14 heavy (non-hydrogen) atoms. The second-order valence-corrected chi connectivity index (χ2v) is 2.64. The van der Waals surface area contributed by atoms with E-state index in [1.54, 1.807) is 48.5 Å². The minimum Gasteiger partial charge on any atom is -0.290 e. The Bertz CT molecular complexity index is 331. The van der Waals surface area contributed by atoms with Gasteiger partial charge in [-0.3, -0.25) is 9.78 Å². The lowest BCUT2D eigenvalue weighted by Crippen LogP contribution is -1.99. The van der Waals surface area contributed by atoms with Gasteiger partial charge in [-0.1, -0.05) is 24.3 Å². The second kappa shape index (κ2) is 4.33. The summed E-state index contributed by atoms with van der Waals surface area (Å²) < 4.78 is 0. The fraction of sp³-hybridized carbons (Fsp3) is 0. The molecule has 2 radical (unpaired) electrons. The van der Waals surface area contributed by atoms with Gasteiger partial charge in [-0.2, -0.15) is 0 Å². The molecule has 2 rings (SSSR count). The van der Waals surface area contributed by atoms with Gasteiger partial charge in [0.05, 0.1) is 0 Å². The first-order valence-corrected chi connectivity index (χ1v) is 4.22. The highest BCUT2D eigenvalue weighted by atomic mass is 17.2. The van der Waals surface area contributed by atoms with E-state index in [9.17, 15) is 0 Å². The molecule has 0 amide bonds. The molecular formula is C12H8O2.